The van der Waals surface area contributed by atoms with Gasteiger partial charge in [0.05, 0.1) is 18.8 Å². The molecule has 0 aliphatic carbocycles. The zero-order valence-corrected chi connectivity index (χ0v) is 9.27. The lowest BCUT2D eigenvalue weighted by atomic mass is 10.1. The van der Waals surface area contributed by atoms with Gasteiger partial charge in [-0.25, -0.2) is 0 Å². The van der Waals surface area contributed by atoms with Crippen LogP contribution in [0.3, 0.4) is 0 Å². The Morgan fingerprint density at radius 3 is 2.29 bits per heavy atom. The van der Waals surface area contributed by atoms with E-state index in [9.17, 15) is 5.11 Å². The molecule has 0 bridgehead atoms. The molecule has 0 aliphatic heterocycles. The van der Waals surface area contributed by atoms with Gasteiger partial charge in [-0.2, -0.15) is 0 Å². The van der Waals surface area contributed by atoms with Gasteiger partial charge in [0.1, 0.15) is 6.10 Å². The Bertz CT molecular complexity index is 121. The molecule has 0 fully saturated rings. The van der Waals surface area contributed by atoms with Crippen LogP contribution in [0.25, 0.3) is 0 Å². The highest BCUT2D eigenvalue weighted by Gasteiger charge is 2.19. The summed E-state index contributed by atoms with van der Waals surface area (Å²) in [4.78, 5) is 0. The third kappa shape index (κ3) is 6.32. The van der Waals surface area contributed by atoms with Gasteiger partial charge in [0.15, 0.2) is 0 Å². The van der Waals surface area contributed by atoms with E-state index in [1.54, 1.807) is 0 Å². The molecule has 0 spiro atoms. The lowest BCUT2D eigenvalue weighted by Gasteiger charge is -2.22. The van der Waals surface area contributed by atoms with Gasteiger partial charge in [-0.15, -0.1) is 0 Å². The maximum atomic E-state index is 9.66. The first-order valence-electron chi connectivity index (χ1n) is 5.13. The molecule has 0 aliphatic rings. The molecule has 4 heteroatoms. The van der Waals surface area contributed by atoms with E-state index >= 15 is 0 Å². The van der Waals surface area contributed by atoms with Crippen LogP contribution >= 0.6 is 0 Å². The standard InChI is InChI=1S/C10H22O4/c1-4-13-10(5-6-11)9(12)7-14-8(2)3/h8-12H,4-7H2,1-3H3. The van der Waals surface area contributed by atoms with Crippen LogP contribution in [0.2, 0.25) is 0 Å². The monoisotopic (exact) mass is 206 g/mol. The molecule has 0 radical (unpaired) electrons. The third-order valence-corrected chi connectivity index (χ3v) is 1.82. The predicted molar refractivity (Wildman–Crippen MR) is 54.2 cm³/mol. The summed E-state index contributed by atoms with van der Waals surface area (Å²) in [7, 11) is 0. The Kier molecular flexibility index (Phi) is 8.08. The van der Waals surface area contributed by atoms with Crippen molar-refractivity contribution in [2.24, 2.45) is 0 Å². The summed E-state index contributed by atoms with van der Waals surface area (Å²) in [5.74, 6) is 0. The largest absolute Gasteiger partial charge is 0.396 e. The van der Waals surface area contributed by atoms with Gasteiger partial charge in [0.2, 0.25) is 0 Å². The number of rotatable bonds is 8. The fourth-order valence-electron chi connectivity index (χ4n) is 1.13. The Labute approximate surface area is 85.8 Å². The molecule has 2 atom stereocenters. The van der Waals surface area contributed by atoms with Crippen LogP contribution in [0.1, 0.15) is 27.2 Å². The summed E-state index contributed by atoms with van der Waals surface area (Å²) >= 11 is 0. The van der Waals surface area contributed by atoms with Crippen LogP contribution in [0.15, 0.2) is 0 Å². The normalized spacial score (nSPS) is 15.9. The zero-order chi connectivity index (χ0) is 11.0. The minimum Gasteiger partial charge on any atom is -0.396 e. The smallest absolute Gasteiger partial charge is 0.104 e. The second-order valence-electron chi connectivity index (χ2n) is 3.46. The number of hydrogen-bond donors (Lipinski definition) is 2. The summed E-state index contributed by atoms with van der Waals surface area (Å²) in [5, 5.41) is 18.4. The van der Waals surface area contributed by atoms with Crippen LogP contribution in [0, 0.1) is 0 Å². The van der Waals surface area contributed by atoms with Crippen LogP contribution in [-0.4, -0.2) is 48.3 Å². The van der Waals surface area contributed by atoms with E-state index in [1.165, 1.54) is 0 Å². The predicted octanol–water partition coefficient (Wildman–Crippen LogP) is 0.560. The van der Waals surface area contributed by atoms with Gasteiger partial charge < -0.3 is 19.7 Å². The molecule has 0 heterocycles. The van der Waals surface area contributed by atoms with Gasteiger partial charge in [0, 0.05) is 13.2 Å². The van der Waals surface area contributed by atoms with Crippen molar-refractivity contribution < 1.29 is 19.7 Å². The average molecular weight is 206 g/mol. The van der Waals surface area contributed by atoms with Crippen molar-refractivity contribution in [1.29, 1.82) is 0 Å². The Morgan fingerprint density at radius 1 is 1.21 bits per heavy atom. The van der Waals surface area contributed by atoms with Gasteiger partial charge in [-0.05, 0) is 27.2 Å². The molecule has 0 saturated carbocycles. The fourth-order valence-corrected chi connectivity index (χ4v) is 1.13. The van der Waals surface area contributed by atoms with Crippen molar-refractivity contribution in [2.75, 3.05) is 19.8 Å². The molecule has 2 N–H and O–H groups in total. The molecule has 4 nitrogen and oxygen atoms in total. The summed E-state index contributed by atoms with van der Waals surface area (Å²) in [6, 6.07) is 0. The molecule has 0 aromatic carbocycles. The second-order valence-corrected chi connectivity index (χ2v) is 3.46. The summed E-state index contributed by atoms with van der Waals surface area (Å²) in [5.41, 5.74) is 0. The van der Waals surface area contributed by atoms with E-state index in [-0.39, 0.29) is 25.4 Å². The fraction of sp³-hybridized carbons (Fsp3) is 1.00. The summed E-state index contributed by atoms with van der Waals surface area (Å²) in [6.45, 7) is 6.48. The molecule has 14 heavy (non-hydrogen) atoms. The summed E-state index contributed by atoms with van der Waals surface area (Å²) in [6.07, 6.45) is -0.453. The van der Waals surface area contributed by atoms with E-state index in [0.29, 0.717) is 13.0 Å². The number of aliphatic hydroxyl groups excluding tert-OH is 2. The summed E-state index contributed by atoms with van der Waals surface area (Å²) < 4.78 is 10.6. The topological polar surface area (TPSA) is 58.9 Å². The SMILES string of the molecule is CCOC(CCO)C(O)COC(C)C. The highest BCUT2D eigenvalue weighted by Crippen LogP contribution is 2.06. The van der Waals surface area contributed by atoms with Gasteiger partial charge in [0.25, 0.3) is 0 Å². The van der Waals surface area contributed by atoms with Crippen LogP contribution in [0.5, 0.6) is 0 Å². The Morgan fingerprint density at radius 2 is 1.86 bits per heavy atom. The van der Waals surface area contributed by atoms with E-state index in [1.807, 2.05) is 20.8 Å². The molecule has 2 unspecified atom stereocenters. The Balaban J connectivity index is 3.81. The molecule has 0 amide bonds. The van der Waals surface area contributed by atoms with Crippen molar-refractivity contribution >= 4 is 0 Å². The minimum absolute atomic E-state index is 0.0173. The highest BCUT2D eigenvalue weighted by atomic mass is 16.5. The van der Waals surface area contributed by atoms with Crippen molar-refractivity contribution in [3.63, 3.8) is 0 Å². The molecule has 86 valence electrons. The first-order valence-corrected chi connectivity index (χ1v) is 5.13. The van der Waals surface area contributed by atoms with Gasteiger partial charge >= 0.3 is 0 Å². The van der Waals surface area contributed by atoms with Crippen LogP contribution in [0.4, 0.5) is 0 Å². The van der Waals surface area contributed by atoms with Crippen molar-refractivity contribution in [2.45, 2.75) is 45.5 Å². The van der Waals surface area contributed by atoms with Gasteiger partial charge in [-0.1, -0.05) is 0 Å². The van der Waals surface area contributed by atoms with E-state index in [2.05, 4.69) is 0 Å². The maximum Gasteiger partial charge on any atom is 0.104 e. The first-order chi connectivity index (χ1) is 6.61. The van der Waals surface area contributed by atoms with Crippen molar-refractivity contribution in [1.82, 2.24) is 0 Å². The molecule has 0 aromatic rings. The van der Waals surface area contributed by atoms with E-state index in [4.69, 9.17) is 14.6 Å². The Hall–Kier alpha value is -0.160. The molecule has 0 saturated heterocycles. The minimum atomic E-state index is -0.663. The quantitative estimate of drug-likeness (QED) is 0.609. The number of ether oxygens (including phenoxy) is 2. The van der Waals surface area contributed by atoms with Crippen molar-refractivity contribution in [3.05, 3.63) is 0 Å². The molecular weight excluding hydrogens is 184 g/mol. The van der Waals surface area contributed by atoms with E-state index < -0.39 is 6.10 Å². The lowest BCUT2D eigenvalue weighted by molar-refractivity contribution is -0.0851. The number of hydrogen-bond acceptors (Lipinski definition) is 4. The first kappa shape index (κ1) is 13.8. The average Bonchev–Trinajstić information content (AvgIpc) is 2.14. The molecular formula is C10H22O4. The maximum absolute atomic E-state index is 9.66. The van der Waals surface area contributed by atoms with Gasteiger partial charge in [-0.3, -0.25) is 0 Å². The van der Waals surface area contributed by atoms with Crippen LogP contribution in [-0.2, 0) is 9.47 Å². The lowest BCUT2D eigenvalue weighted by Crippen LogP contribution is -2.34. The van der Waals surface area contributed by atoms with E-state index in [0.717, 1.165) is 0 Å². The third-order valence-electron chi connectivity index (χ3n) is 1.82. The molecule has 0 aromatic heterocycles. The molecule has 0 rings (SSSR count). The van der Waals surface area contributed by atoms with Crippen LogP contribution < -0.4 is 0 Å². The van der Waals surface area contributed by atoms with Crippen molar-refractivity contribution in [3.8, 4) is 0 Å². The zero-order valence-electron chi connectivity index (χ0n) is 9.27. The highest BCUT2D eigenvalue weighted by molar-refractivity contribution is 4.68. The second kappa shape index (κ2) is 8.17. The number of aliphatic hydroxyl groups is 2.